The maximum absolute atomic E-state index is 10.9. The van der Waals surface area contributed by atoms with E-state index >= 15 is 0 Å². The number of hydrogen-bond donors (Lipinski definition) is 0. The minimum Gasteiger partial charge on any atom is -0.465 e. The van der Waals surface area contributed by atoms with Crippen LogP contribution in [0, 0.1) is 0 Å². The summed E-state index contributed by atoms with van der Waals surface area (Å²) in [6, 6.07) is 0. The lowest BCUT2D eigenvalue weighted by Crippen LogP contribution is -2.06. The first-order valence-corrected chi connectivity index (χ1v) is 6.67. The zero-order valence-electron chi connectivity index (χ0n) is 10.3. The number of rotatable bonds is 9. The van der Waals surface area contributed by atoms with Crippen LogP contribution in [0.15, 0.2) is 12.2 Å². The fraction of sp³-hybridized carbons (Fsp3) is 0.667. The average Bonchev–Trinajstić information content (AvgIpc) is 2.32. The number of carbonyl (C=O) groups excluding carboxylic acids is 2. The molecule has 1 unspecified atom stereocenters. The summed E-state index contributed by atoms with van der Waals surface area (Å²) in [5.74, 6) is -0.475. The second-order valence-corrected chi connectivity index (χ2v) is 3.91. The van der Waals surface area contributed by atoms with Gasteiger partial charge >= 0.3 is 11.9 Å². The highest BCUT2D eigenvalue weighted by Gasteiger charge is 1.98. The maximum atomic E-state index is 10.9. The van der Waals surface area contributed by atoms with Crippen molar-refractivity contribution in [2.24, 2.45) is 0 Å². The van der Waals surface area contributed by atoms with E-state index in [4.69, 9.17) is 9.47 Å². The second-order valence-electron chi connectivity index (χ2n) is 3.51. The number of esters is 2. The highest BCUT2D eigenvalue weighted by Crippen LogP contribution is 2.01. The Kier molecular flexibility index (Phi) is 11.0. The van der Waals surface area contributed by atoms with E-state index in [1.54, 1.807) is 13.0 Å². The van der Waals surface area contributed by atoms with Gasteiger partial charge in [0, 0.05) is 6.08 Å². The van der Waals surface area contributed by atoms with Crippen molar-refractivity contribution in [3.8, 4) is 0 Å². The van der Waals surface area contributed by atoms with Crippen molar-refractivity contribution in [3.05, 3.63) is 12.2 Å². The Labute approximate surface area is 105 Å². The smallest absolute Gasteiger partial charge is 0.330 e. The minimum absolute atomic E-state index is 0.185. The van der Waals surface area contributed by atoms with Gasteiger partial charge in [0.15, 0.2) is 0 Å². The molecule has 0 N–H and O–H groups in total. The van der Waals surface area contributed by atoms with E-state index in [1.165, 1.54) is 6.08 Å². The highest BCUT2D eigenvalue weighted by atomic mass is 31.0. The summed E-state index contributed by atoms with van der Waals surface area (Å²) in [6.07, 6.45) is 7.07. The zero-order chi connectivity index (χ0) is 12.9. The van der Waals surface area contributed by atoms with Crippen LogP contribution in [-0.4, -0.2) is 31.3 Å². The van der Waals surface area contributed by atoms with E-state index < -0.39 is 0 Å². The van der Waals surface area contributed by atoms with Gasteiger partial charge in [0.1, 0.15) is 0 Å². The molecule has 5 heteroatoms. The molecule has 1 atom stereocenters. The van der Waals surface area contributed by atoms with Crippen LogP contribution in [0.4, 0.5) is 0 Å². The standard InChI is InChI=1S/C12H21O4P/c1-2-7-11(13)15-8-5-3-4-6-9-16-12(14)10-17/h2,7H,3-6,8-10,17H2,1H3. The van der Waals surface area contributed by atoms with Crippen molar-refractivity contribution in [2.75, 3.05) is 19.4 Å². The van der Waals surface area contributed by atoms with Crippen molar-refractivity contribution in [1.29, 1.82) is 0 Å². The molecule has 0 saturated carbocycles. The van der Waals surface area contributed by atoms with Crippen LogP contribution in [0.2, 0.25) is 0 Å². The molecular formula is C12H21O4P. The van der Waals surface area contributed by atoms with Gasteiger partial charge in [-0.3, -0.25) is 4.79 Å². The molecule has 0 aromatic rings. The third-order valence-corrected chi connectivity index (χ3v) is 2.35. The van der Waals surface area contributed by atoms with Gasteiger partial charge in [-0.2, -0.15) is 0 Å². The summed E-state index contributed by atoms with van der Waals surface area (Å²) in [7, 11) is 2.33. The highest BCUT2D eigenvalue weighted by molar-refractivity contribution is 7.18. The van der Waals surface area contributed by atoms with E-state index in [-0.39, 0.29) is 11.9 Å². The van der Waals surface area contributed by atoms with Crippen LogP contribution >= 0.6 is 9.24 Å². The molecule has 0 fully saturated rings. The van der Waals surface area contributed by atoms with E-state index in [9.17, 15) is 9.59 Å². The van der Waals surface area contributed by atoms with Gasteiger partial charge < -0.3 is 9.47 Å². The van der Waals surface area contributed by atoms with E-state index in [0.717, 1.165) is 25.7 Å². The molecule has 0 amide bonds. The maximum Gasteiger partial charge on any atom is 0.330 e. The first-order chi connectivity index (χ1) is 8.20. The molecular weight excluding hydrogens is 239 g/mol. The third-order valence-electron chi connectivity index (χ3n) is 2.02. The topological polar surface area (TPSA) is 52.6 Å². The number of carbonyl (C=O) groups is 2. The van der Waals surface area contributed by atoms with Crippen molar-refractivity contribution in [1.82, 2.24) is 0 Å². The van der Waals surface area contributed by atoms with Crippen molar-refractivity contribution in [3.63, 3.8) is 0 Å². The molecule has 17 heavy (non-hydrogen) atoms. The Balaban J connectivity index is 3.19. The van der Waals surface area contributed by atoms with Gasteiger partial charge in [0.25, 0.3) is 0 Å². The molecule has 4 nitrogen and oxygen atoms in total. The molecule has 0 saturated heterocycles. The Morgan fingerprint density at radius 3 is 2.18 bits per heavy atom. The molecule has 0 aliphatic heterocycles. The molecule has 0 bridgehead atoms. The normalized spacial score (nSPS) is 10.5. The summed E-state index contributed by atoms with van der Waals surface area (Å²) in [6.45, 7) is 2.71. The van der Waals surface area contributed by atoms with Gasteiger partial charge in [0.05, 0.1) is 19.4 Å². The summed E-state index contributed by atoms with van der Waals surface area (Å²) in [5, 5.41) is 0. The fourth-order valence-corrected chi connectivity index (χ4v) is 1.28. The lowest BCUT2D eigenvalue weighted by Gasteiger charge is -2.03. The first-order valence-electron chi connectivity index (χ1n) is 5.86. The van der Waals surface area contributed by atoms with Crippen LogP contribution in [0.5, 0.6) is 0 Å². The first kappa shape index (κ1) is 16.1. The van der Waals surface area contributed by atoms with E-state index in [2.05, 4.69) is 9.24 Å². The van der Waals surface area contributed by atoms with Crippen LogP contribution in [-0.2, 0) is 19.1 Å². The Hall–Kier alpha value is -0.890. The molecule has 0 aromatic heterocycles. The number of ether oxygens (including phenoxy) is 2. The summed E-state index contributed by atoms with van der Waals surface area (Å²) in [5.41, 5.74) is 0. The van der Waals surface area contributed by atoms with E-state index in [1.807, 2.05) is 0 Å². The Morgan fingerprint density at radius 1 is 1.06 bits per heavy atom. The van der Waals surface area contributed by atoms with Gasteiger partial charge in [0.2, 0.25) is 0 Å². The SMILES string of the molecule is CC=CC(=O)OCCCCCCOC(=O)CP. The molecule has 0 radical (unpaired) electrons. The molecule has 0 aromatic carbocycles. The van der Waals surface area contributed by atoms with Crippen LogP contribution < -0.4 is 0 Å². The quantitative estimate of drug-likeness (QED) is 0.276. The molecule has 0 spiro atoms. The van der Waals surface area contributed by atoms with Crippen molar-refractivity contribution >= 4 is 21.2 Å². The van der Waals surface area contributed by atoms with Crippen LogP contribution in [0.1, 0.15) is 32.6 Å². The van der Waals surface area contributed by atoms with E-state index in [0.29, 0.717) is 19.4 Å². The predicted octanol–water partition coefficient (Wildman–Crippen LogP) is 2.08. The molecule has 0 rings (SSSR count). The number of hydrogen-bond acceptors (Lipinski definition) is 4. The third kappa shape index (κ3) is 11.4. The number of unbranched alkanes of at least 4 members (excludes halogenated alkanes) is 3. The van der Waals surface area contributed by atoms with Crippen molar-refractivity contribution in [2.45, 2.75) is 32.6 Å². The molecule has 0 aliphatic carbocycles. The average molecular weight is 260 g/mol. The van der Waals surface area contributed by atoms with Crippen molar-refractivity contribution < 1.29 is 19.1 Å². The Morgan fingerprint density at radius 2 is 1.65 bits per heavy atom. The second kappa shape index (κ2) is 11.6. The zero-order valence-corrected chi connectivity index (χ0v) is 11.5. The molecule has 0 aliphatic rings. The lowest BCUT2D eigenvalue weighted by atomic mass is 10.2. The summed E-state index contributed by atoms with van der Waals surface area (Å²) >= 11 is 0. The summed E-state index contributed by atoms with van der Waals surface area (Å²) < 4.78 is 9.84. The molecule has 98 valence electrons. The van der Waals surface area contributed by atoms with Gasteiger partial charge in [-0.1, -0.05) is 6.08 Å². The minimum atomic E-state index is -0.290. The molecule has 0 heterocycles. The van der Waals surface area contributed by atoms with Gasteiger partial charge in [-0.25, -0.2) is 4.79 Å². The Bertz CT molecular complexity index is 251. The number of allylic oxidation sites excluding steroid dienone is 1. The lowest BCUT2D eigenvalue weighted by molar-refractivity contribution is -0.141. The fourth-order valence-electron chi connectivity index (χ4n) is 1.16. The van der Waals surface area contributed by atoms with Gasteiger partial charge in [-0.05, 0) is 32.6 Å². The predicted molar refractivity (Wildman–Crippen MR) is 69.8 cm³/mol. The largest absolute Gasteiger partial charge is 0.465 e. The van der Waals surface area contributed by atoms with Crippen LogP contribution in [0.25, 0.3) is 0 Å². The summed E-state index contributed by atoms with van der Waals surface area (Å²) in [4.78, 5) is 21.7. The van der Waals surface area contributed by atoms with Gasteiger partial charge in [-0.15, -0.1) is 9.24 Å². The monoisotopic (exact) mass is 260 g/mol. The van der Waals surface area contributed by atoms with Crippen LogP contribution in [0.3, 0.4) is 0 Å².